The van der Waals surface area contributed by atoms with Gasteiger partial charge in [-0.2, -0.15) is 0 Å². The highest BCUT2D eigenvalue weighted by Gasteiger charge is 2.19. The summed E-state index contributed by atoms with van der Waals surface area (Å²) in [6.45, 7) is 3.46. The monoisotopic (exact) mass is 459 g/mol. The minimum atomic E-state index is -0.467. The number of rotatable bonds is 7. The van der Waals surface area contributed by atoms with Crippen LogP contribution in [0.2, 0.25) is 0 Å². The van der Waals surface area contributed by atoms with E-state index in [1.807, 2.05) is 44.2 Å². The van der Waals surface area contributed by atoms with Crippen molar-refractivity contribution in [3.05, 3.63) is 82.0 Å². The Hall–Kier alpha value is -4.26. The molecule has 7 nitrogen and oxygen atoms in total. The van der Waals surface area contributed by atoms with Gasteiger partial charge in [0.25, 0.3) is 5.91 Å². The van der Waals surface area contributed by atoms with Gasteiger partial charge in [0.2, 0.25) is 11.2 Å². The van der Waals surface area contributed by atoms with Crippen molar-refractivity contribution in [2.45, 2.75) is 13.8 Å². The standard InChI is InChI=1S/C27H25NO6/c1-16-5-8-18(9-6-16)26-27(25(30)20-13-17(2)7-11-22(20)34-26)33-15-24(29)28-21-14-19(31-3)10-12-23(21)32-4/h5-14H,15H2,1-4H3,(H,28,29). The van der Waals surface area contributed by atoms with E-state index in [9.17, 15) is 9.59 Å². The van der Waals surface area contributed by atoms with E-state index in [0.717, 1.165) is 11.1 Å². The molecule has 1 aromatic heterocycles. The molecule has 0 fully saturated rings. The number of benzene rings is 3. The smallest absolute Gasteiger partial charge is 0.262 e. The van der Waals surface area contributed by atoms with Gasteiger partial charge in [-0.3, -0.25) is 9.59 Å². The number of nitrogens with one attached hydrogen (secondary N) is 1. The maximum absolute atomic E-state index is 13.3. The number of ether oxygens (including phenoxy) is 3. The van der Waals surface area contributed by atoms with Crippen LogP contribution in [0.3, 0.4) is 0 Å². The number of amides is 1. The minimum Gasteiger partial charge on any atom is -0.497 e. The summed E-state index contributed by atoms with van der Waals surface area (Å²) in [7, 11) is 3.04. The molecule has 0 spiro atoms. The van der Waals surface area contributed by atoms with Crippen molar-refractivity contribution in [2.75, 3.05) is 26.1 Å². The lowest BCUT2D eigenvalue weighted by Gasteiger charge is -2.14. The number of hydrogen-bond acceptors (Lipinski definition) is 6. The molecule has 0 aliphatic heterocycles. The first-order chi connectivity index (χ1) is 16.4. The third-order valence-electron chi connectivity index (χ3n) is 5.35. The largest absolute Gasteiger partial charge is 0.497 e. The van der Waals surface area contributed by atoms with Crippen LogP contribution < -0.4 is 25.0 Å². The van der Waals surface area contributed by atoms with Gasteiger partial charge in [-0.25, -0.2) is 0 Å². The molecule has 0 unspecified atom stereocenters. The van der Waals surface area contributed by atoms with Gasteiger partial charge in [0.05, 0.1) is 25.3 Å². The maximum Gasteiger partial charge on any atom is 0.262 e. The zero-order chi connectivity index (χ0) is 24.2. The molecule has 4 rings (SSSR count). The second kappa shape index (κ2) is 9.70. The Morgan fingerprint density at radius 3 is 2.35 bits per heavy atom. The van der Waals surface area contributed by atoms with Crippen LogP contribution in [0.25, 0.3) is 22.3 Å². The molecule has 0 bridgehead atoms. The summed E-state index contributed by atoms with van der Waals surface area (Å²) in [6, 6.07) is 18.0. The number of aryl methyl sites for hydroxylation is 2. The Balaban J connectivity index is 1.67. The number of hydrogen-bond donors (Lipinski definition) is 1. The molecule has 3 aromatic carbocycles. The molecule has 1 heterocycles. The molecule has 0 aliphatic carbocycles. The van der Waals surface area contributed by atoms with Crippen molar-refractivity contribution in [1.29, 1.82) is 0 Å². The topological polar surface area (TPSA) is 87.0 Å². The van der Waals surface area contributed by atoms with E-state index in [4.69, 9.17) is 18.6 Å². The van der Waals surface area contributed by atoms with Gasteiger partial charge in [-0.15, -0.1) is 0 Å². The summed E-state index contributed by atoms with van der Waals surface area (Å²) < 4.78 is 22.4. The Morgan fingerprint density at radius 2 is 1.65 bits per heavy atom. The predicted octanol–water partition coefficient (Wildman–Crippen LogP) is 5.11. The van der Waals surface area contributed by atoms with Crippen molar-refractivity contribution >= 4 is 22.6 Å². The molecule has 0 saturated carbocycles. The summed E-state index contributed by atoms with van der Waals surface area (Å²) in [5.74, 6) is 0.812. The van der Waals surface area contributed by atoms with E-state index in [1.54, 1.807) is 30.3 Å². The van der Waals surface area contributed by atoms with Crippen molar-refractivity contribution in [2.24, 2.45) is 0 Å². The SMILES string of the molecule is COc1ccc(OC)c(NC(=O)COc2c(-c3ccc(C)cc3)oc3ccc(C)cc3c2=O)c1. The van der Waals surface area contributed by atoms with Crippen molar-refractivity contribution in [3.63, 3.8) is 0 Å². The summed E-state index contributed by atoms with van der Waals surface area (Å²) in [5.41, 5.74) is 3.19. The van der Waals surface area contributed by atoms with E-state index in [0.29, 0.717) is 33.7 Å². The fraction of sp³-hybridized carbons (Fsp3) is 0.185. The molecule has 0 aliphatic rings. The fourth-order valence-electron chi connectivity index (χ4n) is 3.55. The average Bonchev–Trinajstić information content (AvgIpc) is 2.84. The van der Waals surface area contributed by atoms with Gasteiger partial charge < -0.3 is 23.9 Å². The summed E-state index contributed by atoms with van der Waals surface area (Å²) in [5, 5.41) is 3.13. The van der Waals surface area contributed by atoms with Crippen molar-refractivity contribution in [1.82, 2.24) is 0 Å². The lowest BCUT2D eigenvalue weighted by Crippen LogP contribution is -2.23. The molecule has 0 radical (unpaired) electrons. The van der Waals surface area contributed by atoms with Crippen LogP contribution in [0.4, 0.5) is 5.69 Å². The summed E-state index contributed by atoms with van der Waals surface area (Å²) >= 11 is 0. The fourth-order valence-corrected chi connectivity index (χ4v) is 3.55. The van der Waals surface area contributed by atoms with Crippen LogP contribution >= 0.6 is 0 Å². The van der Waals surface area contributed by atoms with E-state index in [1.165, 1.54) is 14.2 Å². The van der Waals surface area contributed by atoms with Crippen LogP contribution in [-0.4, -0.2) is 26.7 Å². The third kappa shape index (κ3) is 4.73. The van der Waals surface area contributed by atoms with Gasteiger partial charge >= 0.3 is 0 Å². The highest BCUT2D eigenvalue weighted by Crippen LogP contribution is 2.32. The first-order valence-electron chi connectivity index (χ1n) is 10.7. The molecule has 174 valence electrons. The van der Waals surface area contributed by atoms with E-state index >= 15 is 0 Å². The van der Waals surface area contributed by atoms with Crippen LogP contribution in [-0.2, 0) is 4.79 Å². The predicted molar refractivity (Wildman–Crippen MR) is 131 cm³/mol. The second-order valence-corrected chi connectivity index (χ2v) is 7.86. The minimum absolute atomic E-state index is 0.0188. The Kier molecular flexibility index (Phi) is 6.54. The van der Waals surface area contributed by atoms with Gasteiger partial charge in [-0.05, 0) is 38.1 Å². The molecular weight excluding hydrogens is 434 g/mol. The van der Waals surface area contributed by atoms with Crippen LogP contribution in [0, 0.1) is 13.8 Å². The summed E-state index contributed by atoms with van der Waals surface area (Å²) in [6.07, 6.45) is 0. The first kappa shape index (κ1) is 22.9. The van der Waals surface area contributed by atoms with Crippen LogP contribution in [0.15, 0.2) is 69.9 Å². The molecule has 7 heteroatoms. The van der Waals surface area contributed by atoms with Crippen molar-refractivity contribution < 1.29 is 23.4 Å². The number of anilines is 1. The van der Waals surface area contributed by atoms with Gasteiger partial charge in [0.15, 0.2) is 12.4 Å². The van der Waals surface area contributed by atoms with E-state index in [-0.39, 0.29) is 16.9 Å². The number of carbonyl (C=O) groups is 1. The van der Waals surface area contributed by atoms with Gasteiger partial charge in [0, 0.05) is 11.6 Å². The number of carbonyl (C=O) groups excluding carboxylic acids is 1. The molecule has 4 aromatic rings. The first-order valence-corrected chi connectivity index (χ1v) is 10.7. The molecular formula is C27H25NO6. The van der Waals surface area contributed by atoms with Crippen LogP contribution in [0.5, 0.6) is 17.2 Å². The zero-order valence-electron chi connectivity index (χ0n) is 19.4. The average molecular weight is 459 g/mol. The maximum atomic E-state index is 13.3. The van der Waals surface area contributed by atoms with Gasteiger partial charge in [-0.1, -0.05) is 41.5 Å². The Labute approximate surface area is 196 Å². The van der Waals surface area contributed by atoms with E-state index in [2.05, 4.69) is 5.32 Å². The molecule has 0 atom stereocenters. The molecule has 1 N–H and O–H groups in total. The molecule has 0 saturated heterocycles. The van der Waals surface area contributed by atoms with E-state index < -0.39 is 12.5 Å². The normalized spacial score (nSPS) is 10.7. The number of fused-ring (bicyclic) bond motifs is 1. The highest BCUT2D eigenvalue weighted by molar-refractivity contribution is 5.94. The zero-order valence-corrected chi connectivity index (χ0v) is 19.4. The van der Waals surface area contributed by atoms with Gasteiger partial charge in [0.1, 0.15) is 17.1 Å². The molecule has 34 heavy (non-hydrogen) atoms. The third-order valence-corrected chi connectivity index (χ3v) is 5.35. The summed E-state index contributed by atoms with van der Waals surface area (Å²) in [4.78, 5) is 26.1. The van der Waals surface area contributed by atoms with Crippen LogP contribution in [0.1, 0.15) is 11.1 Å². The Morgan fingerprint density at radius 1 is 0.912 bits per heavy atom. The molecule has 1 amide bonds. The second-order valence-electron chi connectivity index (χ2n) is 7.86. The van der Waals surface area contributed by atoms with Crippen molar-refractivity contribution in [3.8, 4) is 28.6 Å². The lowest BCUT2D eigenvalue weighted by molar-refractivity contribution is -0.118. The quantitative estimate of drug-likeness (QED) is 0.413. The lowest BCUT2D eigenvalue weighted by atomic mass is 10.1. The number of methoxy groups -OCH3 is 2. The highest BCUT2D eigenvalue weighted by atomic mass is 16.5. The Bertz CT molecular complexity index is 1410.